The molecule has 0 fully saturated rings. The van der Waals surface area contributed by atoms with Crippen molar-refractivity contribution in [3.05, 3.63) is 60.2 Å². The summed E-state index contributed by atoms with van der Waals surface area (Å²) < 4.78 is 42.2. The molecular weight excluding hydrogens is 317 g/mol. The van der Waals surface area contributed by atoms with Crippen molar-refractivity contribution in [1.29, 1.82) is 0 Å². The zero-order valence-electron chi connectivity index (χ0n) is 13.2. The van der Waals surface area contributed by atoms with Gasteiger partial charge in [-0.2, -0.15) is 0 Å². The van der Waals surface area contributed by atoms with Gasteiger partial charge in [-0.3, -0.25) is 0 Å². The van der Waals surface area contributed by atoms with Gasteiger partial charge in [-0.1, -0.05) is 51.1 Å². The number of alkyl halides is 3. The van der Waals surface area contributed by atoms with Crippen LogP contribution >= 0.6 is 10.5 Å². The first-order valence-corrected chi connectivity index (χ1v) is 8.64. The molecule has 0 aliphatic rings. The normalized spacial score (nSPS) is 13.6. The molecule has 1 unspecified atom stereocenters. The second-order valence-electron chi connectivity index (χ2n) is 6.60. The van der Waals surface area contributed by atoms with E-state index in [1.165, 1.54) is 0 Å². The molecule has 3 rings (SSSR count). The smallest absolute Gasteiger partial charge is 0.118 e. The molecule has 0 nitrogen and oxygen atoms in total. The molecule has 0 amide bonds. The van der Waals surface area contributed by atoms with Crippen molar-refractivity contribution >= 4 is 20.6 Å². The summed E-state index contributed by atoms with van der Waals surface area (Å²) in [5, 5.41) is 0.692. The van der Waals surface area contributed by atoms with E-state index in [0.717, 1.165) is 5.56 Å². The summed E-state index contributed by atoms with van der Waals surface area (Å²) in [5.41, 5.74) is -3.20. The Bertz CT molecular complexity index is 837. The highest BCUT2D eigenvalue weighted by Crippen LogP contribution is 2.56. The largest absolute Gasteiger partial charge is 0.601 e. The zero-order chi connectivity index (χ0) is 16.8. The van der Waals surface area contributed by atoms with E-state index >= 15 is 0 Å². The fraction of sp³-hybridized carbons (Fsp3) is 0.263. The van der Waals surface area contributed by atoms with Crippen LogP contribution in [0.5, 0.6) is 0 Å². The maximum absolute atomic E-state index is 13.9. The van der Waals surface area contributed by atoms with E-state index in [-0.39, 0.29) is 5.41 Å². The van der Waals surface area contributed by atoms with Gasteiger partial charge in [0.15, 0.2) is 9.58 Å². The van der Waals surface area contributed by atoms with Crippen molar-refractivity contribution < 1.29 is 13.2 Å². The van der Waals surface area contributed by atoms with Crippen LogP contribution in [0.2, 0.25) is 0 Å². The molecule has 3 aromatic rings. The van der Waals surface area contributed by atoms with Crippen molar-refractivity contribution in [3.8, 4) is 10.4 Å². The van der Waals surface area contributed by atoms with Crippen LogP contribution in [0.1, 0.15) is 26.3 Å². The van der Waals surface area contributed by atoms with Gasteiger partial charge in [0.1, 0.15) is 10.5 Å². The lowest BCUT2D eigenvalue weighted by Gasteiger charge is -2.18. The Morgan fingerprint density at radius 3 is 2.04 bits per heavy atom. The fourth-order valence-corrected chi connectivity index (χ4v) is 5.12. The quantitative estimate of drug-likeness (QED) is 0.419. The van der Waals surface area contributed by atoms with E-state index in [1.807, 2.05) is 39.0 Å². The minimum Gasteiger partial charge on any atom is -0.118 e. The summed E-state index contributed by atoms with van der Waals surface area (Å²) in [4.78, 5) is 0.366. The summed E-state index contributed by atoms with van der Waals surface area (Å²) in [5.74, 6) is 0. The average molecular weight is 335 g/mol. The van der Waals surface area contributed by atoms with Gasteiger partial charge < -0.3 is 0 Å². The summed E-state index contributed by atoms with van der Waals surface area (Å²) >= 11 is 0. The predicted octanol–water partition coefficient (Wildman–Crippen LogP) is 7.03. The number of benzene rings is 2. The average Bonchev–Trinajstić information content (AvgIpc) is 2.86. The molecule has 1 heterocycles. The van der Waals surface area contributed by atoms with Crippen LogP contribution in [0.25, 0.3) is 20.5 Å². The van der Waals surface area contributed by atoms with Gasteiger partial charge in [0.2, 0.25) is 0 Å². The minimum atomic E-state index is -4.28. The molecule has 0 radical (unpaired) electrons. The summed E-state index contributed by atoms with van der Waals surface area (Å²) in [6, 6.07) is 16.0. The molecule has 0 saturated carbocycles. The first kappa shape index (κ1) is 16.1. The second-order valence-corrected chi connectivity index (χ2v) is 8.52. The molecule has 120 valence electrons. The van der Waals surface area contributed by atoms with Crippen LogP contribution in [0, 0.1) is 0 Å². The van der Waals surface area contributed by atoms with Gasteiger partial charge in [-0.15, -0.1) is 13.2 Å². The molecular formula is C19H18F3S+. The molecule has 0 spiro atoms. The number of halogens is 3. The SMILES string of the molecule is CC(C)(C)c1cccc2cc(-c3ccccc3)[s+](C(F)(F)F)c12. The topological polar surface area (TPSA) is 0 Å². The van der Waals surface area contributed by atoms with E-state index in [4.69, 9.17) is 0 Å². The van der Waals surface area contributed by atoms with Gasteiger partial charge in [0.05, 0.1) is 0 Å². The van der Waals surface area contributed by atoms with Crippen LogP contribution in [0.3, 0.4) is 0 Å². The third-order valence-electron chi connectivity index (χ3n) is 3.85. The lowest BCUT2D eigenvalue weighted by atomic mass is 9.86. The molecule has 23 heavy (non-hydrogen) atoms. The van der Waals surface area contributed by atoms with Crippen LogP contribution < -0.4 is 0 Å². The Hall–Kier alpha value is -1.81. The zero-order valence-corrected chi connectivity index (χ0v) is 14.1. The van der Waals surface area contributed by atoms with Crippen molar-refractivity contribution in [2.24, 2.45) is 0 Å². The fourth-order valence-electron chi connectivity index (χ4n) is 2.84. The molecule has 2 aromatic carbocycles. The summed E-state index contributed by atoms with van der Waals surface area (Å²) in [7, 11) is -1.91. The van der Waals surface area contributed by atoms with Gasteiger partial charge in [-0.25, -0.2) is 0 Å². The summed E-state index contributed by atoms with van der Waals surface area (Å²) in [6.07, 6.45) is 0. The van der Waals surface area contributed by atoms with Gasteiger partial charge >= 0.3 is 5.51 Å². The molecule has 0 N–H and O–H groups in total. The van der Waals surface area contributed by atoms with Crippen molar-refractivity contribution in [2.45, 2.75) is 31.7 Å². The molecule has 0 saturated heterocycles. The summed E-state index contributed by atoms with van der Waals surface area (Å²) in [6.45, 7) is 5.88. The molecule has 0 aliphatic carbocycles. The predicted molar refractivity (Wildman–Crippen MR) is 91.9 cm³/mol. The van der Waals surface area contributed by atoms with E-state index in [2.05, 4.69) is 0 Å². The van der Waals surface area contributed by atoms with E-state index in [1.54, 1.807) is 36.4 Å². The van der Waals surface area contributed by atoms with Crippen LogP contribution in [-0.4, -0.2) is 0 Å². The monoisotopic (exact) mass is 335 g/mol. The second kappa shape index (κ2) is 5.38. The van der Waals surface area contributed by atoms with E-state index < -0.39 is 16.0 Å². The van der Waals surface area contributed by atoms with Crippen molar-refractivity contribution in [3.63, 3.8) is 0 Å². The maximum Gasteiger partial charge on any atom is 0.601 e. The molecule has 0 aliphatic heterocycles. The molecule has 1 aromatic heterocycles. The van der Waals surface area contributed by atoms with Crippen molar-refractivity contribution in [1.82, 2.24) is 0 Å². The van der Waals surface area contributed by atoms with Crippen LogP contribution in [0.15, 0.2) is 54.6 Å². The number of thiophene rings is 1. The number of rotatable bonds is 1. The third-order valence-corrected chi connectivity index (χ3v) is 5.97. The Morgan fingerprint density at radius 1 is 0.826 bits per heavy atom. The van der Waals surface area contributed by atoms with Crippen molar-refractivity contribution in [2.75, 3.05) is 0 Å². The maximum atomic E-state index is 13.9. The highest BCUT2D eigenvalue weighted by Gasteiger charge is 2.49. The molecule has 0 bridgehead atoms. The van der Waals surface area contributed by atoms with Crippen LogP contribution in [-0.2, 0) is 10.9 Å². The van der Waals surface area contributed by atoms with Gasteiger partial charge in [-0.05, 0) is 23.6 Å². The number of hydrogen-bond donors (Lipinski definition) is 0. The lowest BCUT2D eigenvalue weighted by molar-refractivity contribution is -0.0864. The van der Waals surface area contributed by atoms with Gasteiger partial charge in [0.25, 0.3) is 0 Å². The van der Waals surface area contributed by atoms with Crippen LogP contribution in [0.4, 0.5) is 13.2 Å². The Morgan fingerprint density at radius 2 is 1.48 bits per heavy atom. The Balaban J connectivity index is 2.44. The lowest BCUT2D eigenvalue weighted by Crippen LogP contribution is -2.11. The third kappa shape index (κ3) is 2.88. The highest BCUT2D eigenvalue weighted by molar-refractivity contribution is 7.41. The molecule has 4 heteroatoms. The van der Waals surface area contributed by atoms with Gasteiger partial charge in [0, 0.05) is 22.6 Å². The minimum absolute atomic E-state index is 0.332. The van der Waals surface area contributed by atoms with E-state index in [0.29, 0.717) is 20.5 Å². The number of hydrogen-bond acceptors (Lipinski definition) is 0. The Kier molecular flexibility index (Phi) is 3.75. The molecule has 1 atom stereocenters. The standard InChI is InChI=1S/C19H18F3S/c1-18(2,3)15-11-7-10-14-12-16(13-8-5-4-6-9-13)23(17(14)15)19(20,21)22/h4-12H,1-3H3/q+1. The first-order chi connectivity index (χ1) is 10.7. The van der Waals surface area contributed by atoms with E-state index in [9.17, 15) is 13.2 Å². The highest BCUT2D eigenvalue weighted by atomic mass is 32.2. The Labute approximate surface area is 136 Å². The number of fused-ring (bicyclic) bond motifs is 1. The first-order valence-electron chi connectivity index (χ1n) is 7.41.